The van der Waals surface area contributed by atoms with Gasteiger partial charge in [-0.3, -0.25) is 0 Å². The minimum Gasteiger partial charge on any atom is -0.496 e. The lowest BCUT2D eigenvalue weighted by atomic mass is 10.1. The maximum atomic E-state index is 5.32. The first-order valence-electron chi connectivity index (χ1n) is 4.46. The number of hydrogen-bond donors (Lipinski definition) is 0. The Hall–Kier alpha value is -1.15. The zero-order valence-electron chi connectivity index (χ0n) is 8.28. The van der Waals surface area contributed by atoms with Gasteiger partial charge in [0.1, 0.15) is 5.75 Å². The van der Waals surface area contributed by atoms with Crippen LogP contribution in [0.5, 0.6) is 5.75 Å². The van der Waals surface area contributed by atoms with E-state index in [1.165, 1.54) is 15.7 Å². The van der Waals surface area contributed by atoms with Gasteiger partial charge in [-0.1, -0.05) is 24.3 Å². The monoisotopic (exact) mass is 204 g/mol. The maximum Gasteiger partial charge on any atom is 0.133 e. The van der Waals surface area contributed by atoms with Crippen LogP contribution in [0.3, 0.4) is 0 Å². The molecule has 2 rings (SSSR count). The molecule has 14 heavy (non-hydrogen) atoms. The van der Waals surface area contributed by atoms with Crippen LogP contribution in [0.2, 0.25) is 0 Å². The molecule has 72 valence electrons. The molecule has 0 bridgehead atoms. The number of methoxy groups -OCH3 is 1. The third kappa shape index (κ3) is 1.58. The van der Waals surface area contributed by atoms with E-state index in [4.69, 9.17) is 4.74 Å². The van der Waals surface area contributed by atoms with E-state index in [1.54, 1.807) is 18.9 Å². The number of thioether (sulfide) groups is 1. The average molecular weight is 204 g/mol. The first kappa shape index (κ1) is 9.41. The van der Waals surface area contributed by atoms with Crippen molar-refractivity contribution < 1.29 is 4.74 Å². The summed E-state index contributed by atoms with van der Waals surface area (Å²) < 4.78 is 5.32. The number of benzene rings is 2. The molecule has 0 aliphatic heterocycles. The fourth-order valence-corrected chi connectivity index (χ4v) is 2.11. The minimum atomic E-state index is 0.955. The van der Waals surface area contributed by atoms with Crippen LogP contribution in [0.25, 0.3) is 10.8 Å². The van der Waals surface area contributed by atoms with Crippen molar-refractivity contribution in [2.45, 2.75) is 4.90 Å². The van der Waals surface area contributed by atoms with Gasteiger partial charge in [0.15, 0.2) is 0 Å². The summed E-state index contributed by atoms with van der Waals surface area (Å²) in [6.45, 7) is 0. The van der Waals surface area contributed by atoms with E-state index in [0.29, 0.717) is 0 Å². The summed E-state index contributed by atoms with van der Waals surface area (Å²) in [6, 6.07) is 12.6. The molecule has 0 unspecified atom stereocenters. The molecule has 2 heteroatoms. The fraction of sp³-hybridized carbons (Fsp3) is 0.167. The first-order valence-corrected chi connectivity index (χ1v) is 5.68. The molecule has 0 aliphatic carbocycles. The van der Waals surface area contributed by atoms with Crippen LogP contribution in [0.15, 0.2) is 41.3 Å². The standard InChI is InChI=1S/C12H12OS/c1-13-11-7-9-5-3-4-6-10(9)8-12(11)14-2/h3-8H,1-2H3. The van der Waals surface area contributed by atoms with Gasteiger partial charge < -0.3 is 4.74 Å². The highest BCUT2D eigenvalue weighted by Gasteiger charge is 2.03. The van der Waals surface area contributed by atoms with E-state index in [0.717, 1.165) is 5.75 Å². The summed E-state index contributed by atoms with van der Waals surface area (Å²) in [7, 11) is 1.71. The Labute approximate surface area is 88.1 Å². The van der Waals surface area contributed by atoms with E-state index in [1.807, 2.05) is 6.07 Å². The molecule has 0 heterocycles. The summed E-state index contributed by atoms with van der Waals surface area (Å²) in [5, 5.41) is 2.49. The van der Waals surface area contributed by atoms with Crippen molar-refractivity contribution in [2.24, 2.45) is 0 Å². The van der Waals surface area contributed by atoms with Gasteiger partial charge in [-0.25, -0.2) is 0 Å². The van der Waals surface area contributed by atoms with Crippen LogP contribution in [0.1, 0.15) is 0 Å². The number of hydrogen-bond acceptors (Lipinski definition) is 2. The van der Waals surface area contributed by atoms with Crippen molar-refractivity contribution in [1.82, 2.24) is 0 Å². The number of rotatable bonds is 2. The highest BCUT2D eigenvalue weighted by molar-refractivity contribution is 7.98. The summed E-state index contributed by atoms with van der Waals surface area (Å²) in [5.74, 6) is 0.955. The van der Waals surface area contributed by atoms with Gasteiger partial charge in [0.25, 0.3) is 0 Å². The van der Waals surface area contributed by atoms with E-state index in [9.17, 15) is 0 Å². The number of fused-ring (bicyclic) bond motifs is 1. The third-order valence-electron chi connectivity index (χ3n) is 2.25. The van der Waals surface area contributed by atoms with Crippen LogP contribution in [0, 0.1) is 0 Å². The van der Waals surface area contributed by atoms with Crippen molar-refractivity contribution in [1.29, 1.82) is 0 Å². The van der Waals surface area contributed by atoms with E-state index >= 15 is 0 Å². The van der Waals surface area contributed by atoms with Crippen LogP contribution in [0.4, 0.5) is 0 Å². The molecule has 0 saturated heterocycles. The summed E-state index contributed by atoms with van der Waals surface area (Å²) >= 11 is 1.71. The third-order valence-corrected chi connectivity index (χ3v) is 3.01. The summed E-state index contributed by atoms with van der Waals surface area (Å²) in [6.07, 6.45) is 2.06. The molecule has 0 saturated carbocycles. The van der Waals surface area contributed by atoms with Gasteiger partial charge in [0.2, 0.25) is 0 Å². The lowest BCUT2D eigenvalue weighted by molar-refractivity contribution is 0.405. The fourth-order valence-electron chi connectivity index (χ4n) is 1.52. The van der Waals surface area contributed by atoms with Gasteiger partial charge >= 0.3 is 0 Å². The van der Waals surface area contributed by atoms with Gasteiger partial charge in [-0.2, -0.15) is 0 Å². The molecular formula is C12H12OS. The average Bonchev–Trinajstić information content (AvgIpc) is 2.27. The molecule has 2 aromatic rings. The quantitative estimate of drug-likeness (QED) is 0.692. The lowest BCUT2D eigenvalue weighted by Crippen LogP contribution is -1.86. The Morgan fingerprint density at radius 1 is 1.07 bits per heavy atom. The van der Waals surface area contributed by atoms with Crippen LogP contribution in [-0.4, -0.2) is 13.4 Å². The van der Waals surface area contributed by atoms with Crippen molar-refractivity contribution in [3.8, 4) is 5.75 Å². The van der Waals surface area contributed by atoms with Crippen molar-refractivity contribution >= 4 is 22.5 Å². The van der Waals surface area contributed by atoms with Gasteiger partial charge in [-0.05, 0) is 29.2 Å². The normalized spacial score (nSPS) is 10.4. The molecule has 0 atom stereocenters. The van der Waals surface area contributed by atoms with Crippen molar-refractivity contribution in [3.05, 3.63) is 36.4 Å². The molecule has 0 N–H and O–H groups in total. The van der Waals surface area contributed by atoms with Crippen molar-refractivity contribution in [3.63, 3.8) is 0 Å². The molecule has 0 fully saturated rings. The summed E-state index contributed by atoms with van der Waals surface area (Å²) in [4.78, 5) is 1.19. The van der Waals surface area contributed by atoms with Crippen molar-refractivity contribution in [2.75, 3.05) is 13.4 Å². The van der Waals surface area contributed by atoms with E-state index in [2.05, 4.69) is 36.6 Å². The summed E-state index contributed by atoms with van der Waals surface area (Å²) in [5.41, 5.74) is 0. The maximum absolute atomic E-state index is 5.32. The lowest BCUT2D eigenvalue weighted by Gasteiger charge is -2.07. The highest BCUT2D eigenvalue weighted by atomic mass is 32.2. The van der Waals surface area contributed by atoms with Crippen LogP contribution >= 0.6 is 11.8 Å². The van der Waals surface area contributed by atoms with E-state index < -0.39 is 0 Å². The smallest absolute Gasteiger partial charge is 0.133 e. The topological polar surface area (TPSA) is 9.23 Å². The molecule has 2 aromatic carbocycles. The SMILES string of the molecule is COc1cc2ccccc2cc1SC. The second-order valence-corrected chi connectivity index (χ2v) is 3.90. The molecule has 0 aliphatic rings. The van der Waals surface area contributed by atoms with Gasteiger partial charge in [0.05, 0.1) is 7.11 Å². The Balaban J connectivity index is 2.69. The zero-order chi connectivity index (χ0) is 9.97. The Kier molecular flexibility index (Phi) is 2.64. The predicted octanol–water partition coefficient (Wildman–Crippen LogP) is 3.57. The Morgan fingerprint density at radius 3 is 2.29 bits per heavy atom. The molecule has 1 nitrogen and oxygen atoms in total. The second-order valence-electron chi connectivity index (χ2n) is 3.05. The molecular weight excluding hydrogens is 192 g/mol. The minimum absolute atomic E-state index is 0.955. The Bertz CT molecular complexity index is 409. The molecule has 0 radical (unpaired) electrons. The molecule has 0 spiro atoms. The van der Waals surface area contributed by atoms with Crippen LogP contribution in [-0.2, 0) is 0 Å². The Morgan fingerprint density at radius 2 is 1.71 bits per heavy atom. The highest BCUT2D eigenvalue weighted by Crippen LogP contribution is 2.31. The van der Waals surface area contributed by atoms with Crippen LogP contribution < -0.4 is 4.74 Å². The molecule has 0 aromatic heterocycles. The number of ether oxygens (including phenoxy) is 1. The van der Waals surface area contributed by atoms with Gasteiger partial charge in [0, 0.05) is 4.90 Å². The second kappa shape index (κ2) is 3.93. The zero-order valence-corrected chi connectivity index (χ0v) is 9.10. The van der Waals surface area contributed by atoms with Gasteiger partial charge in [-0.15, -0.1) is 11.8 Å². The predicted molar refractivity (Wildman–Crippen MR) is 62.3 cm³/mol. The largest absolute Gasteiger partial charge is 0.496 e. The first-order chi connectivity index (χ1) is 6.85. The molecule has 0 amide bonds. The van der Waals surface area contributed by atoms with E-state index in [-0.39, 0.29) is 0 Å².